The molecule has 0 spiro atoms. The van der Waals surface area contributed by atoms with Crippen LogP contribution in [0, 0.1) is 0 Å². The molecule has 0 bridgehead atoms. The lowest BCUT2D eigenvalue weighted by molar-refractivity contribution is -0.229. The molecule has 470 valence electrons. The van der Waals surface area contributed by atoms with Gasteiger partial charge >= 0.3 is 23.9 Å². The van der Waals surface area contributed by atoms with Crippen LogP contribution in [0.1, 0.15) is 246 Å². The van der Waals surface area contributed by atoms with Gasteiger partial charge in [0.15, 0.2) is 0 Å². The lowest BCUT2D eigenvalue weighted by Gasteiger charge is -2.27. The quantitative estimate of drug-likeness (QED) is 0.0456. The second-order valence-electron chi connectivity index (χ2n) is 30.7. The molecule has 4 N–H and O–H groups in total. The third-order valence-corrected chi connectivity index (χ3v) is 14.6. The molecule has 1 atom stereocenters. The Labute approximate surface area is 511 Å². The Hall–Kier alpha value is -6.44. The lowest BCUT2D eigenvalue weighted by atomic mass is 9.77. The number of carbonyl (C=O) groups excluding carboxylic acids is 4. The zero-order chi connectivity index (χ0) is 66.6. The van der Waals surface area contributed by atoms with Gasteiger partial charge in [-0.05, 0) is 110 Å². The molecule has 4 aromatic rings. The maximum absolute atomic E-state index is 11.5. The Bertz CT molecular complexity index is 2650. The van der Waals surface area contributed by atoms with Crippen molar-refractivity contribution in [1.29, 1.82) is 0 Å². The fourth-order valence-corrected chi connectivity index (χ4v) is 8.33. The van der Waals surface area contributed by atoms with Crippen LogP contribution in [0.5, 0.6) is 0 Å². The third kappa shape index (κ3) is 24.8. The van der Waals surface area contributed by atoms with Gasteiger partial charge in [0.1, 0.15) is 0 Å². The van der Waals surface area contributed by atoms with Crippen molar-refractivity contribution in [3.8, 4) is 0 Å². The zero-order valence-electron chi connectivity index (χ0n) is 56.5. The Balaban J connectivity index is 0.000000567. The van der Waals surface area contributed by atoms with Gasteiger partial charge in [-0.1, -0.05) is 272 Å². The first-order valence-electron chi connectivity index (χ1n) is 29.0. The average Bonchev–Trinajstić information content (AvgIpc) is 2.91. The van der Waals surface area contributed by atoms with E-state index in [0.29, 0.717) is 19.3 Å². The second-order valence-corrected chi connectivity index (χ2v) is 30.7. The van der Waals surface area contributed by atoms with Crippen molar-refractivity contribution in [2.45, 2.75) is 242 Å². The smallest absolute Gasteiger partial charge is 0.296 e. The van der Waals surface area contributed by atoms with E-state index in [-0.39, 0.29) is 71.5 Å². The predicted octanol–water partition coefficient (Wildman–Crippen LogP) is 18.1. The highest BCUT2D eigenvalue weighted by Gasteiger charge is 2.27. The van der Waals surface area contributed by atoms with Crippen LogP contribution in [0.4, 0.5) is 0 Å². The summed E-state index contributed by atoms with van der Waals surface area (Å²) in [7, 11) is 0. The molecule has 0 saturated heterocycles. The fourth-order valence-electron chi connectivity index (χ4n) is 8.33. The molecule has 12 nitrogen and oxygen atoms in total. The molecular formula is C73H106O12. The molecule has 0 amide bonds. The number of hydrogen-bond acceptors (Lipinski definition) is 12. The van der Waals surface area contributed by atoms with Crippen molar-refractivity contribution in [2.24, 2.45) is 0 Å². The van der Waals surface area contributed by atoms with Crippen molar-refractivity contribution in [3.63, 3.8) is 0 Å². The zero-order valence-corrected chi connectivity index (χ0v) is 56.5. The summed E-state index contributed by atoms with van der Waals surface area (Å²) in [6.45, 7) is 68.6. The van der Waals surface area contributed by atoms with Gasteiger partial charge in [-0.3, -0.25) is 19.6 Å². The van der Waals surface area contributed by atoms with Gasteiger partial charge in [0.2, 0.25) is 0 Å². The van der Waals surface area contributed by atoms with E-state index in [9.17, 15) is 19.2 Å². The molecule has 0 aliphatic rings. The van der Waals surface area contributed by atoms with Crippen molar-refractivity contribution in [2.75, 3.05) is 0 Å². The topological polar surface area (TPSA) is 186 Å². The molecule has 0 aromatic heterocycles. The Morgan fingerprint density at radius 3 is 0.635 bits per heavy atom. The van der Waals surface area contributed by atoms with Crippen LogP contribution in [-0.2, 0) is 101 Å². The Morgan fingerprint density at radius 2 is 0.482 bits per heavy atom. The normalized spacial score (nSPS) is 12.5. The van der Waals surface area contributed by atoms with E-state index >= 15 is 0 Å². The highest BCUT2D eigenvalue weighted by atomic mass is 17.1. The lowest BCUT2D eigenvalue weighted by Crippen LogP contribution is -2.18. The standard InChI is InChI=1S/C19H28O3.3C18H26O3/c1-12(13(2)17(20)22-21)14-9-15(18(3,4)5)11-16(10-14)19(6,7)8;3*1-12(16(19)21-20)8-13-9-14(17(2,3)4)11-15(10-13)18(5,6)7/h9-12,21H,2H2,1,3-8H3;3*9-11,20H,1,8H2,2-7H3. The van der Waals surface area contributed by atoms with Gasteiger partial charge in [-0.25, -0.2) is 19.2 Å². The summed E-state index contributed by atoms with van der Waals surface area (Å²) < 4.78 is 0. The van der Waals surface area contributed by atoms with Crippen LogP contribution >= 0.6 is 0 Å². The van der Waals surface area contributed by atoms with E-state index in [1.165, 1.54) is 44.5 Å². The molecule has 0 saturated carbocycles. The number of benzene rings is 4. The predicted molar refractivity (Wildman–Crippen MR) is 346 cm³/mol. The van der Waals surface area contributed by atoms with E-state index in [1.54, 1.807) is 0 Å². The van der Waals surface area contributed by atoms with Crippen molar-refractivity contribution in [1.82, 2.24) is 0 Å². The highest BCUT2D eigenvalue weighted by molar-refractivity contribution is 5.89. The van der Waals surface area contributed by atoms with E-state index < -0.39 is 23.9 Å². The van der Waals surface area contributed by atoms with Crippen molar-refractivity contribution in [3.05, 3.63) is 188 Å². The van der Waals surface area contributed by atoms with Crippen LogP contribution in [-0.4, -0.2) is 44.9 Å². The summed E-state index contributed by atoms with van der Waals surface area (Å²) in [6, 6.07) is 25.6. The number of rotatable bonds is 12. The Kier molecular flexibility index (Phi) is 26.8. The summed E-state index contributed by atoms with van der Waals surface area (Å²) in [5.41, 5.74) is 14.9. The van der Waals surface area contributed by atoms with Crippen LogP contribution in [0.25, 0.3) is 0 Å². The van der Waals surface area contributed by atoms with E-state index in [1.807, 2.05) is 6.92 Å². The molecule has 12 heteroatoms. The highest BCUT2D eigenvalue weighted by Crippen LogP contribution is 2.37. The summed E-state index contributed by atoms with van der Waals surface area (Å²) in [5, 5.41) is 33.9. The minimum Gasteiger partial charge on any atom is -0.296 e. The van der Waals surface area contributed by atoms with E-state index in [2.05, 4.69) is 285 Å². The molecule has 0 aliphatic heterocycles. The van der Waals surface area contributed by atoms with Gasteiger partial charge in [-0.15, -0.1) is 0 Å². The van der Waals surface area contributed by atoms with Gasteiger partial charge < -0.3 is 0 Å². The SMILES string of the molecule is C=C(C(=O)OO)C(C)c1cc(C(C)(C)C)cc(C(C)(C)C)c1.C=C(Cc1cc(C(C)(C)C)cc(C(C)(C)C)c1)C(=O)OO.C=C(Cc1cc(C(C)(C)C)cc(C(C)(C)C)c1)C(=O)OO.C=C(Cc1cc(C(C)(C)C)cc(C(C)(C)C)c1)C(=O)OO. The molecule has 0 radical (unpaired) electrons. The van der Waals surface area contributed by atoms with Gasteiger partial charge in [-0.2, -0.15) is 21.0 Å². The van der Waals surface area contributed by atoms with Crippen LogP contribution < -0.4 is 0 Å². The second kappa shape index (κ2) is 29.8. The summed E-state index contributed by atoms with van der Waals surface area (Å²) in [5.74, 6) is -3.36. The summed E-state index contributed by atoms with van der Waals surface area (Å²) >= 11 is 0. The Morgan fingerprint density at radius 1 is 0.318 bits per heavy atom. The number of hydrogen-bond donors (Lipinski definition) is 4. The first-order valence-corrected chi connectivity index (χ1v) is 29.0. The molecule has 4 aromatic carbocycles. The van der Waals surface area contributed by atoms with Crippen molar-refractivity contribution >= 4 is 23.9 Å². The average molecular weight is 1180 g/mol. The minimum atomic E-state index is -0.786. The maximum Gasteiger partial charge on any atom is 0.368 e. The van der Waals surface area contributed by atoms with Crippen LogP contribution in [0.3, 0.4) is 0 Å². The van der Waals surface area contributed by atoms with E-state index in [0.717, 1.165) is 22.3 Å². The van der Waals surface area contributed by atoms with Gasteiger partial charge in [0.25, 0.3) is 0 Å². The van der Waals surface area contributed by atoms with Crippen LogP contribution in [0.15, 0.2) is 121 Å². The molecule has 1 unspecified atom stereocenters. The summed E-state index contributed by atoms with van der Waals surface area (Å²) in [4.78, 5) is 60.5. The molecule has 0 fully saturated rings. The van der Waals surface area contributed by atoms with E-state index in [4.69, 9.17) is 21.0 Å². The van der Waals surface area contributed by atoms with Crippen molar-refractivity contribution < 1.29 is 59.8 Å². The fraction of sp³-hybridized carbons (Fsp3) is 0.507. The largest absolute Gasteiger partial charge is 0.368 e. The first-order chi connectivity index (χ1) is 38.2. The maximum atomic E-state index is 11.5. The first kappa shape index (κ1) is 76.6. The molecule has 85 heavy (non-hydrogen) atoms. The minimum absolute atomic E-state index is 0.00848. The molecule has 0 aliphatic carbocycles. The van der Waals surface area contributed by atoms with Crippen LogP contribution in [0.2, 0.25) is 0 Å². The number of carbonyl (C=O) groups is 4. The molecule has 4 rings (SSSR count). The molecular weight excluding hydrogens is 1070 g/mol. The van der Waals surface area contributed by atoms with Gasteiger partial charge in [0.05, 0.1) is 0 Å². The monoisotopic (exact) mass is 1170 g/mol. The van der Waals surface area contributed by atoms with Gasteiger partial charge in [0, 0.05) is 47.5 Å². The summed E-state index contributed by atoms with van der Waals surface area (Å²) in [6.07, 6.45) is 1.10. The third-order valence-electron chi connectivity index (χ3n) is 14.6. The molecule has 0 heterocycles.